The van der Waals surface area contributed by atoms with Gasteiger partial charge in [0.05, 0.1) is 9.95 Å². The second-order valence-corrected chi connectivity index (χ2v) is 5.52. The van der Waals surface area contributed by atoms with E-state index >= 15 is 0 Å². The molecule has 0 spiro atoms. The predicted octanol–water partition coefficient (Wildman–Crippen LogP) is 4.41. The van der Waals surface area contributed by atoms with Gasteiger partial charge in [0.1, 0.15) is 11.3 Å². The molecule has 0 aliphatic carbocycles. The van der Waals surface area contributed by atoms with Gasteiger partial charge >= 0.3 is 5.97 Å². The number of nitrogens with one attached hydrogen (secondary N) is 1. The van der Waals surface area contributed by atoms with E-state index in [1.165, 1.54) is 12.1 Å². The standard InChI is InChI=1S/C14H11ClN2O4S/c1-22-9-4-2-8(3-5-9)16-13-11(17(20)21)7-6-10(15)12(13)14(18)19/h2-7,16H,1H3,(H,18,19). The van der Waals surface area contributed by atoms with Gasteiger partial charge in [0.15, 0.2) is 0 Å². The maximum atomic E-state index is 11.4. The highest BCUT2D eigenvalue weighted by molar-refractivity contribution is 7.98. The molecule has 0 heterocycles. The first-order valence-corrected chi connectivity index (χ1v) is 7.65. The van der Waals surface area contributed by atoms with Gasteiger partial charge in [-0.3, -0.25) is 10.1 Å². The second kappa shape index (κ2) is 6.67. The summed E-state index contributed by atoms with van der Waals surface area (Å²) in [5, 5.41) is 23.1. The van der Waals surface area contributed by atoms with Gasteiger partial charge in [-0.25, -0.2) is 4.79 Å². The fourth-order valence-electron chi connectivity index (χ4n) is 1.87. The third-order valence-electron chi connectivity index (χ3n) is 2.90. The zero-order valence-corrected chi connectivity index (χ0v) is 12.9. The van der Waals surface area contributed by atoms with Gasteiger partial charge < -0.3 is 10.4 Å². The zero-order chi connectivity index (χ0) is 16.3. The lowest BCUT2D eigenvalue weighted by Gasteiger charge is -2.11. The summed E-state index contributed by atoms with van der Waals surface area (Å²) in [7, 11) is 0. The summed E-state index contributed by atoms with van der Waals surface area (Å²) in [6, 6.07) is 9.44. The Kier molecular flexibility index (Phi) is 4.89. The Morgan fingerprint density at radius 3 is 2.41 bits per heavy atom. The number of nitro benzene ring substituents is 1. The van der Waals surface area contributed by atoms with E-state index in [2.05, 4.69) is 5.32 Å². The van der Waals surface area contributed by atoms with Crippen LogP contribution in [0.4, 0.5) is 17.1 Å². The van der Waals surface area contributed by atoms with Crippen molar-refractivity contribution in [2.75, 3.05) is 11.6 Å². The smallest absolute Gasteiger partial charge is 0.339 e. The quantitative estimate of drug-likeness (QED) is 0.476. The molecule has 2 rings (SSSR count). The molecule has 0 bridgehead atoms. The lowest BCUT2D eigenvalue weighted by Crippen LogP contribution is -2.07. The Labute approximate surface area is 135 Å². The minimum absolute atomic E-state index is 0.0682. The minimum Gasteiger partial charge on any atom is -0.478 e. The SMILES string of the molecule is CSc1ccc(Nc2c([N+](=O)[O-])ccc(Cl)c2C(=O)O)cc1. The van der Waals surface area contributed by atoms with Gasteiger partial charge in [-0.2, -0.15) is 0 Å². The summed E-state index contributed by atoms with van der Waals surface area (Å²) in [5.41, 5.74) is -0.284. The lowest BCUT2D eigenvalue weighted by molar-refractivity contribution is -0.383. The van der Waals surface area contributed by atoms with Crippen LogP contribution in [0.25, 0.3) is 0 Å². The van der Waals surface area contributed by atoms with Crippen LogP contribution in [0.15, 0.2) is 41.3 Å². The monoisotopic (exact) mass is 338 g/mol. The van der Waals surface area contributed by atoms with E-state index in [1.807, 2.05) is 18.4 Å². The first kappa shape index (κ1) is 16.1. The van der Waals surface area contributed by atoms with Crippen molar-refractivity contribution in [2.45, 2.75) is 4.90 Å². The van der Waals surface area contributed by atoms with Crippen molar-refractivity contribution in [1.82, 2.24) is 0 Å². The molecule has 8 heteroatoms. The number of carboxylic acid groups (broad SMARTS) is 1. The van der Waals surface area contributed by atoms with E-state index < -0.39 is 10.9 Å². The molecule has 0 unspecified atom stereocenters. The van der Waals surface area contributed by atoms with Crippen LogP contribution in [0.2, 0.25) is 5.02 Å². The number of carbonyl (C=O) groups is 1. The third kappa shape index (κ3) is 3.32. The minimum atomic E-state index is -1.34. The van der Waals surface area contributed by atoms with Crippen molar-refractivity contribution < 1.29 is 14.8 Å². The van der Waals surface area contributed by atoms with E-state index in [0.29, 0.717) is 5.69 Å². The average Bonchev–Trinajstić information content (AvgIpc) is 2.47. The fraction of sp³-hybridized carbons (Fsp3) is 0.0714. The molecule has 0 fully saturated rings. The number of aromatic carboxylic acids is 1. The maximum absolute atomic E-state index is 11.4. The maximum Gasteiger partial charge on any atom is 0.339 e. The summed E-state index contributed by atoms with van der Waals surface area (Å²) in [5.74, 6) is -1.34. The largest absolute Gasteiger partial charge is 0.478 e. The molecule has 22 heavy (non-hydrogen) atoms. The molecule has 2 aromatic rings. The number of hydrogen-bond donors (Lipinski definition) is 2. The van der Waals surface area contributed by atoms with Crippen LogP contribution < -0.4 is 5.32 Å². The Balaban J connectivity index is 2.53. The van der Waals surface area contributed by atoms with Gasteiger partial charge in [-0.1, -0.05) is 11.6 Å². The molecule has 0 atom stereocenters. The van der Waals surface area contributed by atoms with Gasteiger partial charge in [-0.15, -0.1) is 11.8 Å². The molecule has 0 aliphatic heterocycles. The molecule has 0 saturated carbocycles. The molecule has 2 N–H and O–H groups in total. The van der Waals surface area contributed by atoms with Gasteiger partial charge in [-0.05, 0) is 36.6 Å². The summed E-state index contributed by atoms with van der Waals surface area (Å²) in [4.78, 5) is 22.8. The molecular weight excluding hydrogens is 328 g/mol. The van der Waals surface area contributed by atoms with Crippen LogP contribution in [0.5, 0.6) is 0 Å². The van der Waals surface area contributed by atoms with E-state index in [9.17, 15) is 20.0 Å². The molecular formula is C14H11ClN2O4S. The van der Waals surface area contributed by atoms with Crippen molar-refractivity contribution in [3.63, 3.8) is 0 Å². The summed E-state index contributed by atoms with van der Waals surface area (Å²) >= 11 is 7.42. The van der Waals surface area contributed by atoms with E-state index in [0.717, 1.165) is 4.90 Å². The molecule has 0 aromatic heterocycles. The molecule has 2 aromatic carbocycles. The number of carboxylic acids is 1. The Morgan fingerprint density at radius 1 is 1.27 bits per heavy atom. The highest BCUT2D eigenvalue weighted by Gasteiger charge is 2.24. The molecule has 0 aliphatic rings. The van der Waals surface area contributed by atoms with Gasteiger partial charge in [0.25, 0.3) is 5.69 Å². The first-order valence-electron chi connectivity index (χ1n) is 6.05. The number of anilines is 2. The lowest BCUT2D eigenvalue weighted by atomic mass is 10.1. The fourth-order valence-corrected chi connectivity index (χ4v) is 2.52. The second-order valence-electron chi connectivity index (χ2n) is 4.23. The van der Waals surface area contributed by atoms with Gasteiger partial charge in [0.2, 0.25) is 0 Å². The summed E-state index contributed by atoms with van der Waals surface area (Å²) in [6.45, 7) is 0. The zero-order valence-electron chi connectivity index (χ0n) is 11.4. The van der Waals surface area contributed by atoms with Crippen LogP contribution in [0.1, 0.15) is 10.4 Å². The topological polar surface area (TPSA) is 92.5 Å². The highest BCUT2D eigenvalue weighted by Crippen LogP contribution is 2.36. The number of thioether (sulfide) groups is 1. The van der Waals surface area contributed by atoms with Crippen LogP contribution in [-0.4, -0.2) is 22.3 Å². The van der Waals surface area contributed by atoms with Crippen molar-refractivity contribution in [3.8, 4) is 0 Å². The van der Waals surface area contributed by atoms with Crippen LogP contribution >= 0.6 is 23.4 Å². The number of halogens is 1. The molecule has 0 saturated heterocycles. The number of nitrogens with zero attached hydrogens (tertiary/aromatic N) is 1. The van der Waals surface area contributed by atoms with Crippen molar-refractivity contribution in [3.05, 3.63) is 57.1 Å². The van der Waals surface area contributed by atoms with Crippen LogP contribution in [-0.2, 0) is 0 Å². The van der Waals surface area contributed by atoms with E-state index in [1.54, 1.807) is 23.9 Å². The number of rotatable bonds is 5. The third-order valence-corrected chi connectivity index (χ3v) is 3.96. The predicted molar refractivity (Wildman–Crippen MR) is 86.6 cm³/mol. The molecule has 0 radical (unpaired) electrons. The van der Waals surface area contributed by atoms with Crippen molar-refractivity contribution in [2.24, 2.45) is 0 Å². The normalized spacial score (nSPS) is 10.3. The van der Waals surface area contributed by atoms with Crippen molar-refractivity contribution >= 4 is 46.4 Å². The molecule has 0 amide bonds. The number of benzene rings is 2. The Morgan fingerprint density at radius 2 is 1.91 bits per heavy atom. The molecule has 6 nitrogen and oxygen atoms in total. The Bertz CT molecular complexity index is 734. The van der Waals surface area contributed by atoms with Gasteiger partial charge in [0, 0.05) is 16.6 Å². The number of nitro groups is 1. The van der Waals surface area contributed by atoms with E-state index in [-0.39, 0.29) is 22.0 Å². The number of hydrogen-bond acceptors (Lipinski definition) is 5. The first-order chi connectivity index (χ1) is 10.4. The Hall–Kier alpha value is -2.25. The van der Waals surface area contributed by atoms with Crippen LogP contribution in [0.3, 0.4) is 0 Å². The van der Waals surface area contributed by atoms with Crippen LogP contribution in [0, 0.1) is 10.1 Å². The highest BCUT2D eigenvalue weighted by atomic mass is 35.5. The summed E-state index contributed by atoms with van der Waals surface area (Å²) in [6.07, 6.45) is 1.92. The average molecular weight is 339 g/mol. The summed E-state index contributed by atoms with van der Waals surface area (Å²) < 4.78 is 0. The van der Waals surface area contributed by atoms with E-state index in [4.69, 9.17) is 11.6 Å². The molecule has 114 valence electrons. The van der Waals surface area contributed by atoms with Crippen molar-refractivity contribution in [1.29, 1.82) is 0 Å².